The van der Waals surface area contributed by atoms with Crippen LogP contribution in [0.3, 0.4) is 0 Å². The SMILES string of the molecule is O=C(NCc1nnc2ccccn12)c1nn(-c2ccc(F)cc2)c2c1CCCC2. The lowest BCUT2D eigenvalue weighted by Gasteiger charge is -2.14. The molecule has 1 aliphatic rings. The van der Waals surface area contributed by atoms with Crippen molar-refractivity contribution in [2.24, 2.45) is 0 Å². The summed E-state index contributed by atoms with van der Waals surface area (Å²) < 4.78 is 16.9. The summed E-state index contributed by atoms with van der Waals surface area (Å²) >= 11 is 0. The number of halogens is 1. The van der Waals surface area contributed by atoms with Crippen LogP contribution < -0.4 is 5.32 Å². The van der Waals surface area contributed by atoms with Crippen molar-refractivity contribution < 1.29 is 9.18 Å². The van der Waals surface area contributed by atoms with Crippen molar-refractivity contribution in [3.8, 4) is 5.69 Å². The maximum absolute atomic E-state index is 13.3. The molecule has 0 atom stereocenters. The molecule has 0 radical (unpaired) electrons. The van der Waals surface area contributed by atoms with E-state index >= 15 is 0 Å². The molecule has 0 aliphatic heterocycles. The molecule has 7 nitrogen and oxygen atoms in total. The van der Waals surface area contributed by atoms with Crippen LogP contribution in [0, 0.1) is 5.82 Å². The summed E-state index contributed by atoms with van der Waals surface area (Å²) in [5.74, 6) is 0.116. The van der Waals surface area contributed by atoms with Crippen LogP contribution in [0.25, 0.3) is 11.3 Å². The first-order valence-electron chi connectivity index (χ1n) is 9.64. The highest BCUT2D eigenvalue weighted by Gasteiger charge is 2.25. The Hall–Kier alpha value is -3.55. The van der Waals surface area contributed by atoms with Gasteiger partial charge in [0.2, 0.25) is 0 Å². The summed E-state index contributed by atoms with van der Waals surface area (Å²) in [6.07, 6.45) is 5.60. The molecule has 5 rings (SSSR count). The zero-order valence-corrected chi connectivity index (χ0v) is 15.7. The van der Waals surface area contributed by atoms with Crippen LogP contribution >= 0.6 is 0 Å². The second-order valence-electron chi connectivity index (χ2n) is 7.10. The highest BCUT2D eigenvalue weighted by atomic mass is 19.1. The number of amides is 1. The van der Waals surface area contributed by atoms with E-state index in [2.05, 4.69) is 20.6 Å². The van der Waals surface area contributed by atoms with Gasteiger partial charge in [0, 0.05) is 17.5 Å². The van der Waals surface area contributed by atoms with Crippen molar-refractivity contribution in [1.82, 2.24) is 29.7 Å². The van der Waals surface area contributed by atoms with Crippen LogP contribution in [-0.2, 0) is 19.4 Å². The van der Waals surface area contributed by atoms with Crippen molar-refractivity contribution in [3.05, 3.63) is 77.3 Å². The molecule has 0 saturated carbocycles. The first-order chi connectivity index (χ1) is 14.2. The number of rotatable bonds is 4. The maximum Gasteiger partial charge on any atom is 0.272 e. The Bertz CT molecular complexity index is 1190. The number of benzene rings is 1. The first-order valence-corrected chi connectivity index (χ1v) is 9.64. The molecule has 1 aromatic carbocycles. The first kappa shape index (κ1) is 17.5. The van der Waals surface area contributed by atoms with Crippen LogP contribution in [0.2, 0.25) is 0 Å². The molecule has 0 unspecified atom stereocenters. The zero-order valence-electron chi connectivity index (χ0n) is 15.7. The highest BCUT2D eigenvalue weighted by molar-refractivity contribution is 5.94. The van der Waals surface area contributed by atoms with Gasteiger partial charge in [0.25, 0.3) is 5.91 Å². The molecule has 29 heavy (non-hydrogen) atoms. The number of nitrogens with zero attached hydrogens (tertiary/aromatic N) is 5. The van der Waals surface area contributed by atoms with Crippen molar-refractivity contribution >= 4 is 11.6 Å². The number of carbonyl (C=O) groups excluding carboxylic acids is 1. The van der Waals surface area contributed by atoms with Crippen molar-refractivity contribution in [2.75, 3.05) is 0 Å². The van der Waals surface area contributed by atoms with Crippen molar-refractivity contribution in [2.45, 2.75) is 32.2 Å². The molecule has 0 saturated heterocycles. The number of fused-ring (bicyclic) bond motifs is 2. The molecule has 3 aromatic heterocycles. The van der Waals surface area contributed by atoms with Crippen molar-refractivity contribution in [3.63, 3.8) is 0 Å². The molecule has 146 valence electrons. The smallest absolute Gasteiger partial charge is 0.272 e. The van der Waals surface area contributed by atoms with E-state index in [0.717, 1.165) is 48.3 Å². The Labute approximate surface area is 166 Å². The molecule has 0 spiro atoms. The third kappa shape index (κ3) is 3.16. The summed E-state index contributed by atoms with van der Waals surface area (Å²) in [6.45, 7) is 0.252. The van der Waals surface area contributed by atoms with E-state index in [9.17, 15) is 9.18 Å². The van der Waals surface area contributed by atoms with E-state index in [1.807, 2.05) is 28.8 Å². The van der Waals surface area contributed by atoms with Gasteiger partial charge in [-0.2, -0.15) is 5.10 Å². The van der Waals surface area contributed by atoms with Gasteiger partial charge >= 0.3 is 0 Å². The summed E-state index contributed by atoms with van der Waals surface area (Å²) in [5, 5.41) is 15.8. The molecule has 1 amide bonds. The van der Waals surface area contributed by atoms with E-state index in [4.69, 9.17) is 0 Å². The minimum atomic E-state index is -0.298. The van der Waals surface area contributed by atoms with Crippen LogP contribution in [0.1, 0.15) is 40.4 Å². The van der Waals surface area contributed by atoms with E-state index < -0.39 is 0 Å². The van der Waals surface area contributed by atoms with Gasteiger partial charge in [0.1, 0.15) is 5.82 Å². The van der Waals surface area contributed by atoms with Crippen LogP contribution in [0.5, 0.6) is 0 Å². The number of nitrogens with one attached hydrogen (secondary N) is 1. The van der Waals surface area contributed by atoms with Crippen LogP contribution in [0.15, 0.2) is 48.7 Å². The van der Waals surface area contributed by atoms with E-state index in [-0.39, 0.29) is 18.3 Å². The van der Waals surface area contributed by atoms with Gasteiger partial charge < -0.3 is 5.32 Å². The molecule has 3 heterocycles. The van der Waals surface area contributed by atoms with Crippen LogP contribution in [-0.4, -0.2) is 30.3 Å². The molecule has 0 fully saturated rings. The van der Waals surface area contributed by atoms with Gasteiger partial charge in [-0.3, -0.25) is 9.20 Å². The second kappa shape index (κ2) is 7.12. The lowest BCUT2D eigenvalue weighted by molar-refractivity contribution is 0.0943. The summed E-state index contributed by atoms with van der Waals surface area (Å²) in [6, 6.07) is 11.8. The number of pyridine rings is 1. The number of carbonyl (C=O) groups is 1. The zero-order chi connectivity index (χ0) is 19.8. The fourth-order valence-electron chi connectivity index (χ4n) is 3.83. The van der Waals surface area contributed by atoms with Gasteiger partial charge in [-0.05, 0) is 62.1 Å². The Balaban J connectivity index is 1.44. The van der Waals surface area contributed by atoms with Gasteiger partial charge in [-0.1, -0.05) is 6.07 Å². The molecule has 1 aliphatic carbocycles. The van der Waals surface area contributed by atoms with Gasteiger partial charge in [-0.15, -0.1) is 10.2 Å². The Morgan fingerprint density at radius 3 is 2.76 bits per heavy atom. The molecule has 8 heteroatoms. The third-order valence-corrected chi connectivity index (χ3v) is 5.26. The average Bonchev–Trinajstić information content (AvgIpc) is 3.35. The molecule has 4 aromatic rings. The second-order valence-corrected chi connectivity index (χ2v) is 7.10. The van der Waals surface area contributed by atoms with Gasteiger partial charge in [0.05, 0.1) is 12.2 Å². The van der Waals surface area contributed by atoms with E-state index in [1.165, 1.54) is 12.1 Å². The topological polar surface area (TPSA) is 77.1 Å². The number of hydrogen-bond acceptors (Lipinski definition) is 4. The molecule has 1 N–H and O–H groups in total. The van der Waals surface area contributed by atoms with Gasteiger partial charge in [0.15, 0.2) is 17.2 Å². The summed E-state index contributed by atoms with van der Waals surface area (Å²) in [4.78, 5) is 12.9. The normalized spacial score (nSPS) is 13.4. The number of hydrogen-bond donors (Lipinski definition) is 1. The fourth-order valence-corrected chi connectivity index (χ4v) is 3.83. The summed E-state index contributed by atoms with van der Waals surface area (Å²) in [5.41, 5.74) is 3.92. The average molecular weight is 390 g/mol. The lowest BCUT2D eigenvalue weighted by Crippen LogP contribution is -2.25. The van der Waals surface area contributed by atoms with Crippen molar-refractivity contribution in [1.29, 1.82) is 0 Å². The Morgan fingerprint density at radius 2 is 1.90 bits per heavy atom. The molecular formula is C21H19FN6O. The Morgan fingerprint density at radius 1 is 1.07 bits per heavy atom. The van der Waals surface area contributed by atoms with Crippen LogP contribution in [0.4, 0.5) is 4.39 Å². The quantitative estimate of drug-likeness (QED) is 0.581. The monoisotopic (exact) mass is 390 g/mol. The number of aromatic nitrogens is 5. The predicted octanol–water partition coefficient (Wildman–Crippen LogP) is 2.86. The minimum absolute atomic E-state index is 0.239. The fraction of sp³-hybridized carbons (Fsp3) is 0.238. The van der Waals surface area contributed by atoms with Gasteiger partial charge in [-0.25, -0.2) is 9.07 Å². The largest absolute Gasteiger partial charge is 0.343 e. The molecular weight excluding hydrogens is 371 g/mol. The third-order valence-electron chi connectivity index (χ3n) is 5.26. The minimum Gasteiger partial charge on any atom is -0.343 e. The highest BCUT2D eigenvalue weighted by Crippen LogP contribution is 2.27. The molecule has 0 bridgehead atoms. The maximum atomic E-state index is 13.3. The predicted molar refractivity (Wildman–Crippen MR) is 104 cm³/mol. The Kier molecular flexibility index (Phi) is 4.31. The van der Waals surface area contributed by atoms with E-state index in [0.29, 0.717) is 11.5 Å². The summed E-state index contributed by atoms with van der Waals surface area (Å²) in [7, 11) is 0. The lowest BCUT2D eigenvalue weighted by atomic mass is 9.95. The standard InChI is InChI=1S/C21H19FN6O/c22-14-8-10-15(11-9-14)28-17-6-2-1-5-16(17)20(26-28)21(29)23-13-19-25-24-18-7-3-4-12-27(18)19/h3-4,7-12H,1-2,5-6,13H2,(H,23,29). The van der Waals surface area contributed by atoms with E-state index in [1.54, 1.807) is 16.8 Å².